The number of nitriles is 1. The fourth-order valence-corrected chi connectivity index (χ4v) is 2.34. The van der Waals surface area contributed by atoms with E-state index >= 15 is 0 Å². The van der Waals surface area contributed by atoms with Crippen LogP contribution in [0, 0.1) is 11.3 Å². The van der Waals surface area contributed by atoms with Gasteiger partial charge in [0.25, 0.3) is 0 Å². The molecule has 0 aliphatic heterocycles. The zero-order valence-corrected chi connectivity index (χ0v) is 12.5. The minimum atomic E-state index is -1.14. The first-order valence-electron chi connectivity index (χ1n) is 6.97. The predicted octanol–water partition coefficient (Wildman–Crippen LogP) is 3.40. The molecule has 5 heteroatoms. The third-order valence-corrected chi connectivity index (χ3v) is 3.50. The number of ether oxygens (including phenoxy) is 1. The summed E-state index contributed by atoms with van der Waals surface area (Å²) in [7, 11) is 1.63. The Morgan fingerprint density at radius 3 is 2.73 bits per heavy atom. The van der Waals surface area contributed by atoms with Crippen LogP contribution in [0.1, 0.15) is 40.3 Å². The van der Waals surface area contributed by atoms with Gasteiger partial charge in [0, 0.05) is 0 Å². The average Bonchev–Trinajstić information content (AvgIpc) is 3.02. The van der Waals surface area contributed by atoms with Gasteiger partial charge in [-0.3, -0.25) is 0 Å². The van der Waals surface area contributed by atoms with Gasteiger partial charge in [0.1, 0.15) is 17.4 Å². The normalized spacial score (nSPS) is 11.7. The van der Waals surface area contributed by atoms with Crippen LogP contribution in [0.2, 0.25) is 0 Å². The SMILES string of the molecule is CCc1cc(CC(C#N)c2ccc(C(=O)O)o2)ccc1OC. The summed E-state index contributed by atoms with van der Waals surface area (Å²) in [5, 5.41) is 18.2. The van der Waals surface area contributed by atoms with Gasteiger partial charge in [0.05, 0.1) is 13.2 Å². The first-order valence-corrected chi connectivity index (χ1v) is 6.97. The van der Waals surface area contributed by atoms with Gasteiger partial charge < -0.3 is 14.3 Å². The smallest absolute Gasteiger partial charge is 0.371 e. The standard InChI is InChI=1S/C17H17NO4/c1-3-12-8-11(4-5-14(12)21-2)9-13(10-18)15-6-7-16(22-15)17(19)20/h4-8,13H,3,9H2,1-2H3,(H,19,20). The fraction of sp³-hybridized carbons (Fsp3) is 0.294. The second-order valence-corrected chi connectivity index (χ2v) is 4.89. The maximum Gasteiger partial charge on any atom is 0.371 e. The lowest BCUT2D eigenvalue weighted by molar-refractivity contribution is 0.0660. The van der Waals surface area contributed by atoms with E-state index in [9.17, 15) is 10.1 Å². The molecular weight excluding hydrogens is 282 g/mol. The van der Waals surface area contributed by atoms with E-state index in [1.54, 1.807) is 13.2 Å². The first kappa shape index (κ1) is 15.6. The van der Waals surface area contributed by atoms with Crippen LogP contribution in [-0.2, 0) is 12.8 Å². The Kier molecular flexibility index (Phi) is 4.84. The van der Waals surface area contributed by atoms with E-state index < -0.39 is 11.9 Å². The minimum absolute atomic E-state index is 0.153. The van der Waals surface area contributed by atoms with Gasteiger partial charge in [-0.1, -0.05) is 19.1 Å². The van der Waals surface area contributed by atoms with Crippen molar-refractivity contribution in [3.05, 3.63) is 53.0 Å². The van der Waals surface area contributed by atoms with Gasteiger partial charge >= 0.3 is 5.97 Å². The van der Waals surface area contributed by atoms with Gasteiger partial charge in [-0.25, -0.2) is 4.79 Å². The van der Waals surface area contributed by atoms with Crippen LogP contribution in [0.4, 0.5) is 0 Å². The molecule has 22 heavy (non-hydrogen) atoms. The number of hydrogen-bond donors (Lipinski definition) is 1. The first-order chi connectivity index (χ1) is 10.6. The lowest BCUT2D eigenvalue weighted by atomic mass is 9.96. The summed E-state index contributed by atoms with van der Waals surface area (Å²) in [6, 6.07) is 10.9. The quantitative estimate of drug-likeness (QED) is 0.883. The van der Waals surface area contributed by atoms with E-state index in [-0.39, 0.29) is 5.76 Å². The highest BCUT2D eigenvalue weighted by molar-refractivity contribution is 5.84. The Hall–Kier alpha value is -2.74. The van der Waals surface area contributed by atoms with Crippen molar-refractivity contribution in [1.29, 1.82) is 5.26 Å². The van der Waals surface area contributed by atoms with Crippen LogP contribution in [-0.4, -0.2) is 18.2 Å². The summed E-state index contributed by atoms with van der Waals surface area (Å²) in [5.74, 6) is -0.620. The topological polar surface area (TPSA) is 83.5 Å². The molecule has 0 radical (unpaired) electrons. The number of benzene rings is 1. The van der Waals surface area contributed by atoms with Crippen LogP contribution in [0.15, 0.2) is 34.7 Å². The van der Waals surface area contributed by atoms with E-state index in [4.69, 9.17) is 14.3 Å². The van der Waals surface area contributed by atoms with Crippen molar-refractivity contribution in [2.24, 2.45) is 0 Å². The molecule has 0 saturated heterocycles. The van der Waals surface area contributed by atoms with Crippen molar-refractivity contribution >= 4 is 5.97 Å². The zero-order valence-electron chi connectivity index (χ0n) is 12.5. The second kappa shape index (κ2) is 6.81. The number of nitrogens with zero attached hydrogens (tertiary/aromatic N) is 1. The number of aromatic carboxylic acids is 1. The van der Waals surface area contributed by atoms with E-state index in [0.717, 1.165) is 23.3 Å². The number of aryl methyl sites for hydroxylation is 1. The number of furan rings is 1. The molecule has 1 aromatic heterocycles. The molecule has 2 rings (SSSR count). The third-order valence-electron chi connectivity index (χ3n) is 3.50. The molecular formula is C17H17NO4. The van der Waals surface area contributed by atoms with Crippen LogP contribution in [0.25, 0.3) is 0 Å². The highest BCUT2D eigenvalue weighted by Crippen LogP contribution is 2.26. The molecule has 0 aliphatic carbocycles. The van der Waals surface area contributed by atoms with Gasteiger partial charge in [0.2, 0.25) is 5.76 Å². The number of methoxy groups -OCH3 is 1. The van der Waals surface area contributed by atoms with Crippen molar-refractivity contribution in [2.75, 3.05) is 7.11 Å². The molecule has 1 heterocycles. The number of carboxylic acid groups (broad SMARTS) is 1. The van der Waals surface area contributed by atoms with Crippen LogP contribution < -0.4 is 4.74 Å². The van der Waals surface area contributed by atoms with E-state index in [2.05, 4.69) is 6.07 Å². The van der Waals surface area contributed by atoms with Gasteiger partial charge in [-0.15, -0.1) is 0 Å². The number of rotatable bonds is 6. The highest BCUT2D eigenvalue weighted by Gasteiger charge is 2.18. The van der Waals surface area contributed by atoms with E-state index in [0.29, 0.717) is 12.2 Å². The van der Waals surface area contributed by atoms with Crippen molar-refractivity contribution < 1.29 is 19.1 Å². The van der Waals surface area contributed by atoms with Gasteiger partial charge in [0.15, 0.2) is 0 Å². The Bertz CT molecular complexity index is 712. The molecule has 0 fully saturated rings. The monoisotopic (exact) mass is 299 g/mol. The number of carbonyl (C=O) groups is 1. The second-order valence-electron chi connectivity index (χ2n) is 4.89. The Morgan fingerprint density at radius 2 is 2.18 bits per heavy atom. The molecule has 1 unspecified atom stereocenters. The molecule has 0 aliphatic rings. The number of carboxylic acids is 1. The maximum absolute atomic E-state index is 10.8. The third kappa shape index (κ3) is 3.29. The minimum Gasteiger partial charge on any atom is -0.496 e. The lowest BCUT2D eigenvalue weighted by Gasteiger charge is -2.11. The summed E-state index contributed by atoms with van der Waals surface area (Å²) in [4.78, 5) is 10.8. The van der Waals surface area contributed by atoms with Gasteiger partial charge in [-0.05, 0) is 42.2 Å². The summed E-state index contributed by atoms with van der Waals surface area (Å²) in [5.41, 5.74) is 2.06. The molecule has 0 saturated carbocycles. The van der Waals surface area contributed by atoms with Crippen LogP contribution >= 0.6 is 0 Å². The summed E-state index contributed by atoms with van der Waals surface area (Å²) in [6.45, 7) is 2.04. The van der Waals surface area contributed by atoms with Crippen molar-refractivity contribution in [3.63, 3.8) is 0 Å². The lowest BCUT2D eigenvalue weighted by Crippen LogP contribution is -2.01. The molecule has 2 aromatic rings. The summed E-state index contributed by atoms with van der Waals surface area (Å²) >= 11 is 0. The van der Waals surface area contributed by atoms with Crippen molar-refractivity contribution in [2.45, 2.75) is 25.7 Å². The molecule has 0 bridgehead atoms. The summed E-state index contributed by atoms with van der Waals surface area (Å²) in [6.07, 6.45) is 1.29. The predicted molar refractivity (Wildman–Crippen MR) is 80.1 cm³/mol. The maximum atomic E-state index is 10.8. The average molecular weight is 299 g/mol. The van der Waals surface area contributed by atoms with Gasteiger partial charge in [-0.2, -0.15) is 5.26 Å². The highest BCUT2D eigenvalue weighted by atomic mass is 16.5. The molecule has 1 N–H and O–H groups in total. The molecule has 0 amide bonds. The molecule has 1 aromatic carbocycles. The Morgan fingerprint density at radius 1 is 1.41 bits per heavy atom. The van der Waals surface area contributed by atoms with Crippen LogP contribution in [0.5, 0.6) is 5.75 Å². The molecule has 1 atom stereocenters. The van der Waals surface area contributed by atoms with Crippen molar-refractivity contribution in [3.8, 4) is 11.8 Å². The van der Waals surface area contributed by atoms with E-state index in [1.165, 1.54) is 6.07 Å². The Labute approximate surface area is 128 Å². The van der Waals surface area contributed by atoms with Crippen LogP contribution in [0.3, 0.4) is 0 Å². The molecule has 5 nitrogen and oxygen atoms in total. The fourth-order valence-electron chi connectivity index (χ4n) is 2.34. The molecule has 114 valence electrons. The Balaban J connectivity index is 2.23. The summed E-state index contributed by atoms with van der Waals surface area (Å²) < 4.78 is 10.5. The van der Waals surface area contributed by atoms with E-state index in [1.807, 2.05) is 25.1 Å². The largest absolute Gasteiger partial charge is 0.496 e. The zero-order chi connectivity index (χ0) is 16.1. The molecule has 0 spiro atoms. The van der Waals surface area contributed by atoms with Crippen molar-refractivity contribution in [1.82, 2.24) is 0 Å². The number of hydrogen-bond acceptors (Lipinski definition) is 4.